The molecular formula is C23H28N2O. The fourth-order valence-electron chi connectivity index (χ4n) is 4.12. The van der Waals surface area contributed by atoms with Gasteiger partial charge >= 0.3 is 0 Å². The summed E-state index contributed by atoms with van der Waals surface area (Å²) in [7, 11) is 0. The number of nitrogens with one attached hydrogen (secondary N) is 1. The highest BCUT2D eigenvalue weighted by Gasteiger charge is 2.51. The molecule has 0 radical (unpaired) electrons. The van der Waals surface area contributed by atoms with E-state index in [9.17, 15) is 4.79 Å². The summed E-state index contributed by atoms with van der Waals surface area (Å²) in [6.07, 6.45) is 3.13. The average molecular weight is 348 g/mol. The van der Waals surface area contributed by atoms with E-state index in [1.165, 1.54) is 23.1 Å². The van der Waals surface area contributed by atoms with E-state index < -0.39 is 0 Å². The van der Waals surface area contributed by atoms with Crippen LogP contribution < -0.4 is 5.32 Å². The van der Waals surface area contributed by atoms with Crippen molar-refractivity contribution < 1.29 is 4.79 Å². The van der Waals surface area contributed by atoms with Gasteiger partial charge in [0.1, 0.15) is 0 Å². The lowest BCUT2D eigenvalue weighted by Gasteiger charge is -2.19. The third-order valence-electron chi connectivity index (χ3n) is 5.96. The second kappa shape index (κ2) is 7.24. The number of nitrogens with zero attached hydrogens (tertiary/aromatic N) is 1. The Morgan fingerprint density at radius 3 is 2.54 bits per heavy atom. The molecule has 2 aromatic carbocycles. The first-order valence-corrected chi connectivity index (χ1v) is 9.77. The quantitative estimate of drug-likeness (QED) is 0.864. The van der Waals surface area contributed by atoms with Crippen molar-refractivity contribution in [2.24, 2.45) is 5.92 Å². The summed E-state index contributed by atoms with van der Waals surface area (Å²) >= 11 is 0. The van der Waals surface area contributed by atoms with Crippen molar-refractivity contribution in [2.75, 3.05) is 19.6 Å². The van der Waals surface area contributed by atoms with E-state index in [-0.39, 0.29) is 11.3 Å². The Morgan fingerprint density at radius 1 is 1.12 bits per heavy atom. The molecule has 1 aliphatic carbocycles. The van der Waals surface area contributed by atoms with Gasteiger partial charge in [-0.1, -0.05) is 60.2 Å². The molecule has 1 unspecified atom stereocenters. The molecule has 3 heteroatoms. The van der Waals surface area contributed by atoms with Crippen LogP contribution in [0.4, 0.5) is 0 Å². The number of hydrogen-bond acceptors (Lipinski definition) is 2. The van der Waals surface area contributed by atoms with Gasteiger partial charge in [0.2, 0.25) is 5.91 Å². The maximum Gasteiger partial charge on any atom is 0.230 e. The molecular weight excluding hydrogens is 320 g/mol. The standard InChI is InChI=1S/C23H28N2O/c1-18-7-9-21(10-8-18)23(12-13-23)22(26)24-15-20-11-14-25(17-20)16-19-5-3-2-4-6-19/h2-10,20H,11-17H2,1H3,(H,24,26). The molecule has 136 valence electrons. The lowest BCUT2D eigenvalue weighted by Crippen LogP contribution is -2.38. The fraction of sp³-hybridized carbons (Fsp3) is 0.435. The lowest BCUT2D eigenvalue weighted by molar-refractivity contribution is -0.123. The molecule has 1 amide bonds. The number of aryl methyl sites for hydroxylation is 1. The maximum absolute atomic E-state index is 12.8. The molecule has 1 atom stereocenters. The third kappa shape index (κ3) is 3.68. The Morgan fingerprint density at radius 2 is 1.85 bits per heavy atom. The zero-order valence-electron chi connectivity index (χ0n) is 15.6. The summed E-state index contributed by atoms with van der Waals surface area (Å²) in [6.45, 7) is 6.10. The summed E-state index contributed by atoms with van der Waals surface area (Å²) in [5.74, 6) is 0.791. The van der Waals surface area contributed by atoms with Crippen molar-refractivity contribution in [3.05, 3.63) is 71.3 Å². The summed E-state index contributed by atoms with van der Waals surface area (Å²) in [5, 5.41) is 3.26. The van der Waals surface area contributed by atoms with Gasteiger partial charge in [0.15, 0.2) is 0 Å². The minimum atomic E-state index is -0.254. The topological polar surface area (TPSA) is 32.3 Å². The number of hydrogen-bond donors (Lipinski definition) is 1. The Balaban J connectivity index is 1.28. The molecule has 4 rings (SSSR count). The maximum atomic E-state index is 12.8. The number of likely N-dealkylation sites (tertiary alicyclic amines) is 1. The second-order valence-corrected chi connectivity index (χ2v) is 8.03. The molecule has 1 N–H and O–H groups in total. The number of rotatable bonds is 6. The average Bonchev–Trinajstić information content (AvgIpc) is 3.36. The number of amides is 1. The van der Waals surface area contributed by atoms with Crippen LogP contribution in [0.3, 0.4) is 0 Å². The lowest BCUT2D eigenvalue weighted by atomic mass is 9.94. The van der Waals surface area contributed by atoms with Crippen LogP contribution in [0.15, 0.2) is 54.6 Å². The van der Waals surface area contributed by atoms with E-state index in [0.717, 1.165) is 39.0 Å². The summed E-state index contributed by atoms with van der Waals surface area (Å²) < 4.78 is 0. The zero-order valence-corrected chi connectivity index (χ0v) is 15.6. The zero-order chi connectivity index (χ0) is 18.0. The molecule has 0 bridgehead atoms. The number of benzene rings is 2. The highest BCUT2D eigenvalue weighted by atomic mass is 16.2. The van der Waals surface area contributed by atoms with Gasteiger partial charge in [0.05, 0.1) is 5.41 Å². The molecule has 26 heavy (non-hydrogen) atoms. The van der Waals surface area contributed by atoms with Crippen LogP contribution in [0.1, 0.15) is 36.0 Å². The van der Waals surface area contributed by atoms with Crippen LogP contribution in [0, 0.1) is 12.8 Å². The molecule has 2 aromatic rings. The molecule has 1 heterocycles. The minimum absolute atomic E-state index is 0.225. The summed E-state index contributed by atoms with van der Waals surface area (Å²) in [4.78, 5) is 15.3. The van der Waals surface area contributed by atoms with Crippen LogP contribution in [0.2, 0.25) is 0 Å². The molecule has 1 saturated heterocycles. The van der Waals surface area contributed by atoms with E-state index in [1.807, 2.05) is 0 Å². The van der Waals surface area contributed by atoms with Crippen molar-refractivity contribution >= 4 is 5.91 Å². The SMILES string of the molecule is Cc1ccc(C2(C(=O)NCC3CCN(Cc4ccccc4)C3)CC2)cc1. The van der Waals surface area contributed by atoms with E-state index in [1.54, 1.807) is 0 Å². The van der Waals surface area contributed by atoms with E-state index in [4.69, 9.17) is 0 Å². The minimum Gasteiger partial charge on any atom is -0.355 e. The van der Waals surface area contributed by atoms with Gasteiger partial charge in [-0.3, -0.25) is 9.69 Å². The van der Waals surface area contributed by atoms with Crippen LogP contribution in [0.25, 0.3) is 0 Å². The van der Waals surface area contributed by atoms with Crippen LogP contribution in [-0.4, -0.2) is 30.4 Å². The van der Waals surface area contributed by atoms with Crippen molar-refractivity contribution in [1.29, 1.82) is 0 Å². The summed E-state index contributed by atoms with van der Waals surface area (Å²) in [6, 6.07) is 19.1. The van der Waals surface area contributed by atoms with Crippen LogP contribution in [0.5, 0.6) is 0 Å². The van der Waals surface area contributed by atoms with Crippen LogP contribution >= 0.6 is 0 Å². The Bertz CT molecular complexity index is 750. The van der Waals surface area contributed by atoms with E-state index in [2.05, 4.69) is 71.7 Å². The molecule has 0 spiro atoms. The molecule has 1 aliphatic heterocycles. The summed E-state index contributed by atoms with van der Waals surface area (Å²) in [5.41, 5.74) is 3.54. The normalized spacial score (nSPS) is 21.5. The van der Waals surface area contributed by atoms with E-state index >= 15 is 0 Å². The van der Waals surface area contributed by atoms with Gasteiger partial charge in [-0.15, -0.1) is 0 Å². The Labute approximate surface area is 156 Å². The predicted octanol–water partition coefficient (Wildman–Crippen LogP) is 3.66. The highest BCUT2D eigenvalue weighted by Crippen LogP contribution is 2.48. The molecule has 3 nitrogen and oxygen atoms in total. The fourth-order valence-corrected chi connectivity index (χ4v) is 4.12. The van der Waals surface area contributed by atoms with Crippen molar-refractivity contribution in [2.45, 2.75) is 38.1 Å². The van der Waals surface area contributed by atoms with Gasteiger partial charge in [-0.2, -0.15) is 0 Å². The largest absolute Gasteiger partial charge is 0.355 e. The van der Waals surface area contributed by atoms with Crippen molar-refractivity contribution in [3.8, 4) is 0 Å². The van der Waals surface area contributed by atoms with Crippen molar-refractivity contribution in [1.82, 2.24) is 10.2 Å². The van der Waals surface area contributed by atoms with Crippen molar-refractivity contribution in [3.63, 3.8) is 0 Å². The van der Waals surface area contributed by atoms with Gasteiger partial charge < -0.3 is 5.32 Å². The predicted molar refractivity (Wildman–Crippen MR) is 105 cm³/mol. The highest BCUT2D eigenvalue weighted by molar-refractivity contribution is 5.91. The molecule has 0 aromatic heterocycles. The monoisotopic (exact) mass is 348 g/mol. The molecule has 2 aliphatic rings. The number of carbonyl (C=O) groups is 1. The smallest absolute Gasteiger partial charge is 0.230 e. The van der Waals surface area contributed by atoms with Gasteiger partial charge in [-0.25, -0.2) is 0 Å². The first kappa shape index (κ1) is 17.3. The van der Waals surface area contributed by atoms with E-state index in [0.29, 0.717) is 5.92 Å². The number of carbonyl (C=O) groups excluding carboxylic acids is 1. The first-order valence-electron chi connectivity index (χ1n) is 9.77. The molecule has 2 fully saturated rings. The second-order valence-electron chi connectivity index (χ2n) is 8.03. The molecule has 1 saturated carbocycles. The third-order valence-corrected chi connectivity index (χ3v) is 5.96. The van der Waals surface area contributed by atoms with Crippen LogP contribution in [-0.2, 0) is 16.8 Å². The first-order chi connectivity index (χ1) is 12.7. The van der Waals surface area contributed by atoms with Gasteiger partial charge in [0.25, 0.3) is 0 Å². The van der Waals surface area contributed by atoms with Gasteiger partial charge in [-0.05, 0) is 49.8 Å². The Hall–Kier alpha value is -2.13. The van der Waals surface area contributed by atoms with Gasteiger partial charge in [0, 0.05) is 19.6 Å². The Kier molecular flexibility index (Phi) is 4.82.